The van der Waals surface area contributed by atoms with E-state index in [0.29, 0.717) is 5.75 Å². The first-order valence-corrected chi connectivity index (χ1v) is 8.21. The first-order chi connectivity index (χ1) is 13.3. The number of amides is 2. The van der Waals surface area contributed by atoms with Crippen LogP contribution in [0.25, 0.3) is 0 Å². The molecule has 28 heavy (non-hydrogen) atoms. The van der Waals surface area contributed by atoms with Crippen molar-refractivity contribution in [2.24, 2.45) is 0 Å². The number of carbonyl (C=O) groups is 2. The maximum absolute atomic E-state index is 12.3. The van der Waals surface area contributed by atoms with Crippen molar-refractivity contribution in [3.8, 4) is 17.2 Å². The fourth-order valence-electron chi connectivity index (χ4n) is 2.40. The Balaban J connectivity index is 1.89. The molecule has 0 atom stereocenters. The van der Waals surface area contributed by atoms with Crippen molar-refractivity contribution in [2.45, 2.75) is 20.5 Å². The molecule has 2 aromatic carbocycles. The molecule has 0 fully saturated rings. The second kappa shape index (κ2) is 9.54. The van der Waals surface area contributed by atoms with Crippen molar-refractivity contribution in [1.29, 1.82) is 0 Å². The van der Waals surface area contributed by atoms with Crippen LogP contribution in [0.15, 0.2) is 36.4 Å². The summed E-state index contributed by atoms with van der Waals surface area (Å²) in [5, 5.41) is 0. The third-order valence-corrected chi connectivity index (χ3v) is 3.52. The number of hydrazine groups is 1. The Bertz CT molecular complexity index is 838. The molecule has 0 aliphatic heterocycles. The number of hydrogen-bond acceptors (Lipinski definition) is 5. The summed E-state index contributed by atoms with van der Waals surface area (Å²) in [5.74, 6) is -0.950. The van der Waals surface area contributed by atoms with Crippen molar-refractivity contribution in [3.05, 3.63) is 53.1 Å². The Morgan fingerprint density at radius 1 is 1.00 bits per heavy atom. The highest BCUT2D eigenvalue weighted by Crippen LogP contribution is 2.29. The van der Waals surface area contributed by atoms with Gasteiger partial charge in [-0.1, -0.05) is 6.07 Å². The molecule has 2 N–H and O–H groups in total. The van der Waals surface area contributed by atoms with E-state index in [-0.39, 0.29) is 23.7 Å². The van der Waals surface area contributed by atoms with Gasteiger partial charge in [-0.15, -0.1) is 0 Å². The van der Waals surface area contributed by atoms with Crippen molar-refractivity contribution < 1.29 is 32.6 Å². The summed E-state index contributed by atoms with van der Waals surface area (Å²) < 4.78 is 39.3. The molecular formula is C19H20F2N2O5. The van der Waals surface area contributed by atoms with Gasteiger partial charge in [0.05, 0.1) is 7.11 Å². The summed E-state index contributed by atoms with van der Waals surface area (Å²) in [4.78, 5) is 23.9. The quantitative estimate of drug-likeness (QED) is 0.706. The lowest BCUT2D eigenvalue weighted by molar-refractivity contribution is -0.123. The van der Waals surface area contributed by atoms with E-state index in [4.69, 9.17) is 9.47 Å². The van der Waals surface area contributed by atoms with E-state index in [0.717, 1.165) is 11.1 Å². The van der Waals surface area contributed by atoms with Gasteiger partial charge in [-0.05, 0) is 55.3 Å². The van der Waals surface area contributed by atoms with Gasteiger partial charge in [0.15, 0.2) is 18.1 Å². The molecule has 2 aromatic rings. The van der Waals surface area contributed by atoms with Crippen LogP contribution in [-0.2, 0) is 4.79 Å². The van der Waals surface area contributed by atoms with Crippen LogP contribution in [0.5, 0.6) is 17.2 Å². The number of hydrogen-bond donors (Lipinski definition) is 2. The Labute approximate surface area is 160 Å². The lowest BCUT2D eigenvalue weighted by Crippen LogP contribution is -2.43. The van der Waals surface area contributed by atoms with Gasteiger partial charge in [-0.25, -0.2) is 0 Å². The zero-order valence-electron chi connectivity index (χ0n) is 15.5. The maximum atomic E-state index is 12.3. The summed E-state index contributed by atoms with van der Waals surface area (Å²) in [5.41, 5.74) is 6.49. The van der Waals surface area contributed by atoms with Crippen molar-refractivity contribution in [2.75, 3.05) is 13.7 Å². The molecule has 0 heterocycles. The molecule has 2 amide bonds. The van der Waals surface area contributed by atoms with E-state index in [9.17, 15) is 18.4 Å². The maximum Gasteiger partial charge on any atom is 0.387 e. The summed E-state index contributed by atoms with van der Waals surface area (Å²) >= 11 is 0. The van der Waals surface area contributed by atoms with Gasteiger partial charge in [-0.3, -0.25) is 20.4 Å². The molecule has 150 valence electrons. The Kier molecular flexibility index (Phi) is 7.14. The number of benzene rings is 2. The normalized spacial score (nSPS) is 10.4. The molecule has 0 aliphatic rings. The second-order valence-electron chi connectivity index (χ2n) is 5.86. The van der Waals surface area contributed by atoms with Crippen LogP contribution in [0.2, 0.25) is 0 Å². The predicted molar refractivity (Wildman–Crippen MR) is 96.6 cm³/mol. The zero-order valence-corrected chi connectivity index (χ0v) is 15.5. The smallest absolute Gasteiger partial charge is 0.387 e. The van der Waals surface area contributed by atoms with Gasteiger partial charge < -0.3 is 14.2 Å². The average molecular weight is 394 g/mol. The number of methoxy groups -OCH3 is 1. The summed E-state index contributed by atoms with van der Waals surface area (Å²) in [6.07, 6.45) is 0. The van der Waals surface area contributed by atoms with Crippen LogP contribution in [0.3, 0.4) is 0 Å². The molecule has 0 radical (unpaired) electrons. The number of nitrogens with one attached hydrogen (secondary N) is 2. The number of halogens is 2. The third-order valence-electron chi connectivity index (χ3n) is 3.52. The summed E-state index contributed by atoms with van der Waals surface area (Å²) in [7, 11) is 1.25. The Morgan fingerprint density at radius 2 is 1.68 bits per heavy atom. The first kappa shape index (κ1) is 20.9. The van der Waals surface area contributed by atoms with E-state index < -0.39 is 18.4 Å². The van der Waals surface area contributed by atoms with Gasteiger partial charge in [0.2, 0.25) is 0 Å². The third kappa shape index (κ3) is 6.11. The van der Waals surface area contributed by atoms with E-state index in [1.54, 1.807) is 12.1 Å². The zero-order chi connectivity index (χ0) is 20.7. The molecule has 0 unspecified atom stereocenters. The van der Waals surface area contributed by atoms with Gasteiger partial charge in [0.1, 0.15) is 5.75 Å². The van der Waals surface area contributed by atoms with Crippen molar-refractivity contribution in [1.82, 2.24) is 10.9 Å². The minimum absolute atomic E-state index is 0.0440. The van der Waals surface area contributed by atoms with Crippen molar-refractivity contribution in [3.63, 3.8) is 0 Å². The van der Waals surface area contributed by atoms with Crippen LogP contribution in [-0.4, -0.2) is 32.1 Å². The van der Waals surface area contributed by atoms with Gasteiger partial charge >= 0.3 is 6.61 Å². The summed E-state index contributed by atoms with van der Waals surface area (Å²) in [6, 6.07) is 9.19. The van der Waals surface area contributed by atoms with Crippen LogP contribution in [0, 0.1) is 13.8 Å². The largest absolute Gasteiger partial charge is 0.493 e. The first-order valence-electron chi connectivity index (χ1n) is 8.21. The number of rotatable bonds is 7. The van der Waals surface area contributed by atoms with Gasteiger partial charge in [0.25, 0.3) is 11.8 Å². The number of aryl methyl sites for hydroxylation is 2. The molecule has 9 heteroatoms. The molecular weight excluding hydrogens is 374 g/mol. The highest BCUT2D eigenvalue weighted by molar-refractivity contribution is 5.96. The van der Waals surface area contributed by atoms with Crippen LogP contribution in [0.4, 0.5) is 8.78 Å². The Morgan fingerprint density at radius 3 is 2.29 bits per heavy atom. The topological polar surface area (TPSA) is 85.9 Å². The molecule has 0 spiro atoms. The number of alkyl halides is 2. The lowest BCUT2D eigenvalue weighted by atomic mass is 10.1. The van der Waals surface area contributed by atoms with Crippen LogP contribution in [0.1, 0.15) is 21.5 Å². The summed E-state index contributed by atoms with van der Waals surface area (Å²) in [6.45, 7) is 0.497. The molecule has 0 aliphatic carbocycles. The molecule has 2 rings (SSSR count). The highest BCUT2D eigenvalue weighted by atomic mass is 19.3. The van der Waals surface area contributed by atoms with E-state index in [1.165, 1.54) is 25.3 Å². The van der Waals surface area contributed by atoms with Crippen LogP contribution < -0.4 is 25.1 Å². The molecule has 0 saturated heterocycles. The predicted octanol–water partition coefficient (Wildman–Crippen LogP) is 2.75. The monoisotopic (exact) mass is 394 g/mol. The number of carbonyl (C=O) groups excluding carboxylic acids is 2. The SMILES string of the molecule is COc1cc(C(=O)NNC(=O)COc2cc(C)cc(C)c2)ccc1OC(F)F. The van der Waals surface area contributed by atoms with Crippen LogP contribution >= 0.6 is 0 Å². The minimum atomic E-state index is -3.02. The molecule has 0 saturated carbocycles. The fraction of sp³-hybridized carbons (Fsp3) is 0.263. The number of ether oxygens (including phenoxy) is 3. The molecule has 0 bridgehead atoms. The molecule has 7 nitrogen and oxygen atoms in total. The average Bonchev–Trinajstić information content (AvgIpc) is 2.63. The van der Waals surface area contributed by atoms with E-state index >= 15 is 0 Å². The van der Waals surface area contributed by atoms with Crippen molar-refractivity contribution >= 4 is 11.8 Å². The standard InChI is InChI=1S/C19H20F2N2O5/c1-11-6-12(2)8-14(7-11)27-10-17(24)22-23-18(25)13-4-5-15(28-19(20)21)16(9-13)26-3/h4-9,19H,10H2,1-3H3,(H,22,24)(H,23,25). The van der Waals surface area contributed by atoms with Gasteiger partial charge in [-0.2, -0.15) is 8.78 Å². The minimum Gasteiger partial charge on any atom is -0.493 e. The fourth-order valence-corrected chi connectivity index (χ4v) is 2.40. The molecule has 0 aromatic heterocycles. The van der Waals surface area contributed by atoms with E-state index in [1.807, 2.05) is 19.9 Å². The van der Waals surface area contributed by atoms with E-state index in [2.05, 4.69) is 15.6 Å². The second-order valence-corrected chi connectivity index (χ2v) is 5.86. The Hall–Kier alpha value is -3.36. The lowest BCUT2D eigenvalue weighted by Gasteiger charge is -2.12. The van der Waals surface area contributed by atoms with Gasteiger partial charge in [0, 0.05) is 5.56 Å². The highest BCUT2D eigenvalue weighted by Gasteiger charge is 2.15.